The smallest absolute Gasteiger partial charge is 0.269 e. The molecule has 2 aromatic carbocycles. The number of halogens is 1. The fourth-order valence-corrected chi connectivity index (χ4v) is 3.42. The van der Waals surface area contributed by atoms with Gasteiger partial charge in [0.25, 0.3) is 5.56 Å². The summed E-state index contributed by atoms with van der Waals surface area (Å²) in [6.07, 6.45) is 0. The number of benzene rings is 2. The van der Waals surface area contributed by atoms with Crippen molar-refractivity contribution < 1.29 is 9.15 Å². The Morgan fingerprint density at radius 3 is 2.74 bits per heavy atom. The van der Waals surface area contributed by atoms with Crippen molar-refractivity contribution in [3.63, 3.8) is 0 Å². The third-order valence-corrected chi connectivity index (χ3v) is 4.80. The van der Waals surface area contributed by atoms with Crippen LogP contribution >= 0.6 is 15.9 Å². The Bertz CT molecular complexity index is 1280. The fraction of sp³-hybridized carbons (Fsp3) is 0.150. The number of ether oxygens (including phenoxy) is 1. The Morgan fingerprint density at radius 1 is 1.15 bits per heavy atom. The number of fused-ring (bicyclic) bond motifs is 2. The van der Waals surface area contributed by atoms with Gasteiger partial charge in [0, 0.05) is 17.1 Å². The molecule has 0 aliphatic carbocycles. The van der Waals surface area contributed by atoms with Gasteiger partial charge < -0.3 is 9.15 Å². The number of para-hydroxylation sites is 1. The van der Waals surface area contributed by atoms with Crippen molar-refractivity contribution in [3.05, 3.63) is 73.6 Å². The van der Waals surface area contributed by atoms with Gasteiger partial charge in [0.2, 0.25) is 11.1 Å². The molecular weight excluding hydrogens is 412 g/mol. The molecule has 0 saturated heterocycles. The molecule has 2 heterocycles. The van der Waals surface area contributed by atoms with E-state index in [-0.39, 0.29) is 23.1 Å². The first kappa shape index (κ1) is 17.6. The van der Waals surface area contributed by atoms with Gasteiger partial charge >= 0.3 is 0 Å². The van der Waals surface area contributed by atoms with Gasteiger partial charge in [0.1, 0.15) is 11.4 Å². The molecule has 0 saturated carbocycles. The third-order valence-electron chi connectivity index (χ3n) is 4.30. The van der Waals surface area contributed by atoms with Crippen molar-refractivity contribution in [1.29, 1.82) is 0 Å². The number of aromatic nitrogens is 2. The first-order valence-electron chi connectivity index (χ1n) is 8.31. The molecule has 6 nitrogen and oxygen atoms in total. The second-order valence-electron chi connectivity index (χ2n) is 6.00. The standard InChI is InChI=1S/C20H15BrN2O4/c1-26-10-9-23-18(12-5-4-6-13(21)11-12)22-19-16(20(23)25)17(24)14-7-2-3-8-15(14)27-19/h2-8,11H,9-10H2,1H3. The van der Waals surface area contributed by atoms with E-state index in [0.717, 1.165) is 10.0 Å². The van der Waals surface area contributed by atoms with Crippen molar-refractivity contribution in [2.45, 2.75) is 6.54 Å². The van der Waals surface area contributed by atoms with Gasteiger partial charge in [-0.3, -0.25) is 14.2 Å². The first-order chi connectivity index (χ1) is 13.1. The minimum absolute atomic E-state index is 0.0346. The molecule has 0 fully saturated rings. The van der Waals surface area contributed by atoms with Crippen molar-refractivity contribution >= 4 is 38.0 Å². The minimum Gasteiger partial charge on any atom is -0.437 e. The maximum absolute atomic E-state index is 13.2. The van der Waals surface area contributed by atoms with E-state index in [1.807, 2.05) is 24.3 Å². The molecule has 2 aromatic heterocycles. The number of hydrogen-bond acceptors (Lipinski definition) is 5. The summed E-state index contributed by atoms with van der Waals surface area (Å²) in [5.41, 5.74) is 0.349. The van der Waals surface area contributed by atoms with Crippen molar-refractivity contribution in [3.8, 4) is 11.4 Å². The highest BCUT2D eigenvalue weighted by Crippen LogP contribution is 2.23. The van der Waals surface area contributed by atoms with Crippen molar-refractivity contribution in [2.75, 3.05) is 13.7 Å². The molecule has 4 aromatic rings. The average molecular weight is 427 g/mol. The zero-order valence-electron chi connectivity index (χ0n) is 14.4. The lowest BCUT2D eigenvalue weighted by molar-refractivity contribution is 0.186. The summed E-state index contributed by atoms with van der Waals surface area (Å²) in [6, 6.07) is 14.3. The lowest BCUT2D eigenvalue weighted by Crippen LogP contribution is -2.28. The van der Waals surface area contributed by atoms with E-state index in [1.165, 1.54) is 4.57 Å². The first-order valence-corrected chi connectivity index (χ1v) is 9.10. The summed E-state index contributed by atoms with van der Waals surface area (Å²) in [7, 11) is 1.56. The SMILES string of the molecule is COCCn1c(-c2cccc(Br)c2)nc2oc3ccccc3c(=O)c2c1=O. The van der Waals surface area contributed by atoms with Gasteiger partial charge in [0.15, 0.2) is 5.39 Å². The third kappa shape index (κ3) is 3.09. The van der Waals surface area contributed by atoms with Crippen LogP contribution in [0.2, 0.25) is 0 Å². The Labute approximate surface area is 162 Å². The molecule has 0 N–H and O–H groups in total. The average Bonchev–Trinajstić information content (AvgIpc) is 2.67. The van der Waals surface area contributed by atoms with Gasteiger partial charge in [-0.1, -0.05) is 40.2 Å². The zero-order chi connectivity index (χ0) is 19.0. The lowest BCUT2D eigenvalue weighted by Gasteiger charge is -2.13. The molecule has 0 radical (unpaired) electrons. The highest BCUT2D eigenvalue weighted by Gasteiger charge is 2.18. The number of methoxy groups -OCH3 is 1. The topological polar surface area (TPSA) is 74.3 Å². The molecule has 0 aliphatic heterocycles. The predicted molar refractivity (Wildman–Crippen MR) is 107 cm³/mol. The Hall–Kier alpha value is -2.77. The Kier molecular flexibility index (Phi) is 4.63. The van der Waals surface area contributed by atoms with E-state index in [2.05, 4.69) is 20.9 Å². The summed E-state index contributed by atoms with van der Waals surface area (Å²) in [5.74, 6) is 0.421. The van der Waals surface area contributed by atoms with Gasteiger partial charge in [-0.2, -0.15) is 4.98 Å². The molecule has 136 valence electrons. The Balaban J connectivity index is 2.12. The highest BCUT2D eigenvalue weighted by atomic mass is 79.9. The fourth-order valence-electron chi connectivity index (χ4n) is 3.02. The normalized spacial score (nSPS) is 11.3. The number of hydrogen-bond donors (Lipinski definition) is 0. The number of nitrogens with zero attached hydrogens (tertiary/aromatic N) is 2. The summed E-state index contributed by atoms with van der Waals surface area (Å²) >= 11 is 3.44. The lowest BCUT2D eigenvalue weighted by atomic mass is 10.1. The second-order valence-corrected chi connectivity index (χ2v) is 6.92. The van der Waals surface area contributed by atoms with Gasteiger partial charge in [0.05, 0.1) is 18.5 Å². The van der Waals surface area contributed by atoms with Crippen molar-refractivity contribution in [2.24, 2.45) is 0 Å². The molecular formula is C20H15BrN2O4. The largest absolute Gasteiger partial charge is 0.437 e. The van der Waals surface area contributed by atoms with E-state index in [0.29, 0.717) is 23.4 Å². The van der Waals surface area contributed by atoms with Crippen LogP contribution in [0.25, 0.3) is 33.5 Å². The van der Waals surface area contributed by atoms with Crippen LogP contribution in [0, 0.1) is 0 Å². The van der Waals surface area contributed by atoms with E-state index >= 15 is 0 Å². The molecule has 0 spiro atoms. The molecule has 0 atom stereocenters. The number of rotatable bonds is 4. The van der Waals surface area contributed by atoms with E-state index in [9.17, 15) is 9.59 Å². The van der Waals surface area contributed by atoms with E-state index < -0.39 is 5.56 Å². The van der Waals surface area contributed by atoms with Gasteiger partial charge in [-0.15, -0.1) is 0 Å². The molecule has 4 rings (SSSR count). The highest BCUT2D eigenvalue weighted by molar-refractivity contribution is 9.10. The van der Waals surface area contributed by atoms with Crippen LogP contribution in [-0.2, 0) is 11.3 Å². The molecule has 27 heavy (non-hydrogen) atoms. The molecule has 0 amide bonds. The summed E-state index contributed by atoms with van der Waals surface area (Å²) in [4.78, 5) is 30.6. The van der Waals surface area contributed by atoms with Crippen LogP contribution in [0.4, 0.5) is 0 Å². The molecule has 0 unspecified atom stereocenters. The monoisotopic (exact) mass is 426 g/mol. The van der Waals surface area contributed by atoms with Crippen LogP contribution < -0.4 is 11.0 Å². The summed E-state index contributed by atoms with van der Waals surface area (Å²) < 4.78 is 13.2. The maximum Gasteiger partial charge on any atom is 0.269 e. The van der Waals surface area contributed by atoms with Crippen LogP contribution in [0.5, 0.6) is 0 Å². The summed E-state index contributed by atoms with van der Waals surface area (Å²) in [5, 5.41) is 0.306. The molecule has 0 bridgehead atoms. The van der Waals surface area contributed by atoms with Crippen LogP contribution in [0.3, 0.4) is 0 Å². The second kappa shape index (κ2) is 7.09. The minimum atomic E-state index is -0.438. The maximum atomic E-state index is 13.2. The predicted octanol–water partition coefficient (Wildman–Crippen LogP) is 3.58. The quantitative estimate of drug-likeness (QED) is 0.466. The Morgan fingerprint density at radius 2 is 1.96 bits per heavy atom. The van der Waals surface area contributed by atoms with Crippen molar-refractivity contribution in [1.82, 2.24) is 9.55 Å². The molecule has 0 aliphatic rings. The molecule has 7 heteroatoms. The van der Waals surface area contributed by atoms with Crippen LogP contribution in [-0.4, -0.2) is 23.3 Å². The van der Waals surface area contributed by atoms with Gasteiger partial charge in [-0.25, -0.2) is 0 Å². The zero-order valence-corrected chi connectivity index (χ0v) is 16.0. The summed E-state index contributed by atoms with van der Waals surface area (Å²) in [6.45, 7) is 0.583. The van der Waals surface area contributed by atoms with Crippen LogP contribution in [0.15, 0.2) is 67.0 Å². The van der Waals surface area contributed by atoms with Gasteiger partial charge in [-0.05, 0) is 24.3 Å². The van der Waals surface area contributed by atoms with Crippen LogP contribution in [0.1, 0.15) is 0 Å². The van der Waals surface area contributed by atoms with E-state index in [1.54, 1.807) is 31.4 Å². The van der Waals surface area contributed by atoms with E-state index in [4.69, 9.17) is 9.15 Å².